The average molecular weight is 619 g/mol. The number of nitrogens with one attached hydrogen (secondary N) is 2. The van der Waals surface area contributed by atoms with Gasteiger partial charge in [-0.15, -0.1) is 24.5 Å². The van der Waals surface area contributed by atoms with Gasteiger partial charge in [0.25, 0.3) is 0 Å². The number of aryl methyl sites for hydroxylation is 2. The lowest BCUT2D eigenvalue weighted by Gasteiger charge is -2.28. The summed E-state index contributed by atoms with van der Waals surface area (Å²) in [5, 5.41) is 39.3. The summed E-state index contributed by atoms with van der Waals surface area (Å²) in [4.78, 5) is 18.5. The lowest BCUT2D eigenvalue weighted by atomic mass is 9.88. The number of halogens is 3. The van der Waals surface area contributed by atoms with E-state index in [4.69, 9.17) is 9.97 Å². The Labute approximate surface area is 250 Å². The monoisotopic (exact) mass is 618 g/mol. The first kappa shape index (κ1) is 30.9. The molecule has 1 fully saturated rings. The van der Waals surface area contributed by atoms with Gasteiger partial charge in [0.2, 0.25) is 5.95 Å². The normalized spacial score (nSPS) is 21.7. The third-order valence-corrected chi connectivity index (χ3v) is 8.70. The first-order valence-electron chi connectivity index (χ1n) is 13.7. The number of thiazole rings is 1. The van der Waals surface area contributed by atoms with Gasteiger partial charge in [-0.05, 0) is 64.8 Å². The Morgan fingerprint density at radius 1 is 1.00 bits per heavy atom. The Kier molecular flexibility index (Phi) is 8.24. The van der Waals surface area contributed by atoms with Crippen LogP contribution in [0.3, 0.4) is 0 Å². The van der Waals surface area contributed by atoms with Crippen molar-refractivity contribution in [3.05, 3.63) is 53.5 Å². The fourth-order valence-electron chi connectivity index (χ4n) is 5.38. The summed E-state index contributed by atoms with van der Waals surface area (Å²) in [7, 11) is 0. The van der Waals surface area contributed by atoms with Crippen LogP contribution >= 0.6 is 11.3 Å². The van der Waals surface area contributed by atoms with Crippen LogP contribution in [-0.2, 0) is 0 Å². The van der Waals surface area contributed by atoms with E-state index in [1.165, 1.54) is 35.6 Å². The number of anilines is 2. The van der Waals surface area contributed by atoms with E-state index in [1.807, 2.05) is 19.9 Å². The Morgan fingerprint density at radius 3 is 2.30 bits per heavy atom. The zero-order valence-electron chi connectivity index (χ0n) is 24.1. The fourth-order valence-corrected chi connectivity index (χ4v) is 6.49. The Hall–Kier alpha value is -3.59. The summed E-state index contributed by atoms with van der Waals surface area (Å²) in [6.07, 6.45) is -5.11. The molecule has 1 aliphatic carbocycles. The number of pyridine rings is 1. The molecular formula is C29H33F3N6O4S. The van der Waals surface area contributed by atoms with Gasteiger partial charge in [0.15, 0.2) is 0 Å². The third kappa shape index (κ3) is 6.66. The van der Waals surface area contributed by atoms with E-state index >= 15 is 0 Å². The predicted octanol–water partition coefficient (Wildman–Crippen LogP) is 5.13. The summed E-state index contributed by atoms with van der Waals surface area (Å²) in [5.41, 5.74) is 2.17. The van der Waals surface area contributed by atoms with Gasteiger partial charge in [-0.25, -0.2) is 9.97 Å². The van der Waals surface area contributed by atoms with E-state index in [0.29, 0.717) is 27.6 Å². The van der Waals surface area contributed by atoms with Crippen molar-refractivity contribution in [3.8, 4) is 16.3 Å². The molecule has 14 heteroatoms. The lowest BCUT2D eigenvalue weighted by Crippen LogP contribution is -2.40. The number of nitrogens with zero attached hydrogens (tertiary/aromatic N) is 4. The minimum absolute atomic E-state index is 0.234. The number of aliphatic hydroxyl groups is 3. The van der Waals surface area contributed by atoms with E-state index in [9.17, 15) is 28.5 Å². The topological polar surface area (TPSA) is 146 Å². The molecule has 0 amide bonds. The molecule has 0 radical (unpaired) electrons. The zero-order chi connectivity index (χ0) is 31.3. The highest BCUT2D eigenvalue weighted by molar-refractivity contribution is 7.21. The molecule has 0 bridgehead atoms. The van der Waals surface area contributed by atoms with E-state index in [2.05, 4.69) is 25.3 Å². The molecule has 1 saturated carbocycles. The molecule has 1 aliphatic rings. The highest BCUT2D eigenvalue weighted by Crippen LogP contribution is 2.40. The predicted molar refractivity (Wildman–Crippen MR) is 157 cm³/mol. The van der Waals surface area contributed by atoms with Gasteiger partial charge in [-0.3, -0.25) is 4.98 Å². The van der Waals surface area contributed by atoms with Crippen LogP contribution in [0.4, 0.5) is 24.9 Å². The van der Waals surface area contributed by atoms with Crippen LogP contribution in [0.5, 0.6) is 5.75 Å². The Morgan fingerprint density at radius 2 is 1.70 bits per heavy atom. The highest BCUT2D eigenvalue weighted by Gasteiger charge is 2.48. The van der Waals surface area contributed by atoms with Gasteiger partial charge < -0.3 is 30.7 Å². The standard InChI is InChI=1S/C29H33F3N6O4S/c1-13(16-6-8-17(9-7-16)42-29(30,31)32)34-27-35-14(2)21(26-37-22-15(3)33-11-10-20(22)43-26)25(38-27)36-19-12-18(28(4,5)41)23(39)24(19)40/h6-11,13,18-19,23-24,39-41H,12H2,1-5H3,(H2,34,35,36,38)/t13-,18+,19-,23-,24+/m1/s1. The van der Waals surface area contributed by atoms with Crippen LogP contribution in [0, 0.1) is 19.8 Å². The number of fused-ring (bicyclic) bond motifs is 1. The summed E-state index contributed by atoms with van der Waals surface area (Å²) in [6, 6.07) is 6.35. The zero-order valence-corrected chi connectivity index (χ0v) is 25.0. The number of alkyl halides is 3. The molecule has 1 aromatic carbocycles. The molecule has 5 atom stereocenters. The fraction of sp³-hybridized carbons (Fsp3) is 0.448. The van der Waals surface area contributed by atoms with Gasteiger partial charge >= 0.3 is 6.36 Å². The van der Waals surface area contributed by atoms with Crippen molar-refractivity contribution in [2.75, 3.05) is 10.6 Å². The second-order valence-corrected chi connectivity index (χ2v) is 12.4. The van der Waals surface area contributed by atoms with E-state index < -0.39 is 42.2 Å². The number of hydrogen-bond acceptors (Lipinski definition) is 11. The first-order valence-corrected chi connectivity index (χ1v) is 14.5. The van der Waals surface area contributed by atoms with Crippen molar-refractivity contribution >= 4 is 33.3 Å². The minimum Gasteiger partial charge on any atom is -0.406 e. The SMILES string of the molecule is Cc1nc(N[C@H](C)c2ccc(OC(F)(F)F)cc2)nc(N[C@@H]2C[C@H](C(C)(C)O)[C@@H](O)[C@H]2O)c1-c1nc2c(C)nccc2s1. The number of benzene rings is 1. The molecule has 10 nitrogen and oxygen atoms in total. The van der Waals surface area contributed by atoms with Gasteiger partial charge in [-0.1, -0.05) is 12.1 Å². The highest BCUT2D eigenvalue weighted by atomic mass is 32.1. The maximum absolute atomic E-state index is 12.6. The number of ether oxygens (including phenoxy) is 1. The van der Waals surface area contributed by atoms with Gasteiger partial charge in [0, 0.05) is 12.1 Å². The van der Waals surface area contributed by atoms with Crippen molar-refractivity contribution in [2.45, 2.75) is 77.3 Å². The minimum atomic E-state index is -4.78. The van der Waals surface area contributed by atoms with Crippen molar-refractivity contribution in [1.29, 1.82) is 0 Å². The Bertz CT molecular complexity index is 1610. The first-order chi connectivity index (χ1) is 20.1. The molecule has 0 saturated heterocycles. The van der Waals surface area contributed by atoms with E-state index in [0.717, 1.165) is 15.9 Å². The number of aromatic nitrogens is 4. The largest absolute Gasteiger partial charge is 0.573 e. The summed E-state index contributed by atoms with van der Waals surface area (Å²) in [5.74, 6) is -0.301. The van der Waals surface area contributed by atoms with Crippen molar-refractivity contribution in [2.24, 2.45) is 5.92 Å². The summed E-state index contributed by atoms with van der Waals surface area (Å²) in [6.45, 7) is 8.68. The molecule has 3 heterocycles. The summed E-state index contributed by atoms with van der Waals surface area (Å²) < 4.78 is 42.6. The second-order valence-electron chi connectivity index (χ2n) is 11.3. The molecule has 3 aromatic heterocycles. The van der Waals surface area contributed by atoms with Crippen LogP contribution in [0.2, 0.25) is 0 Å². The van der Waals surface area contributed by atoms with E-state index in [-0.39, 0.29) is 18.1 Å². The number of hydrogen-bond donors (Lipinski definition) is 5. The second kappa shape index (κ2) is 11.5. The van der Waals surface area contributed by atoms with Crippen LogP contribution in [0.1, 0.15) is 50.2 Å². The molecule has 5 N–H and O–H groups in total. The van der Waals surface area contributed by atoms with Gasteiger partial charge in [0.1, 0.15) is 28.2 Å². The van der Waals surface area contributed by atoms with Crippen LogP contribution < -0.4 is 15.4 Å². The molecule has 0 unspecified atom stereocenters. The quantitative estimate of drug-likeness (QED) is 0.180. The molecule has 230 valence electrons. The van der Waals surface area contributed by atoms with E-state index in [1.54, 1.807) is 27.0 Å². The third-order valence-electron chi connectivity index (χ3n) is 7.67. The van der Waals surface area contributed by atoms with Crippen molar-refractivity contribution < 1.29 is 33.2 Å². The van der Waals surface area contributed by atoms with Crippen LogP contribution in [-0.4, -0.2) is 65.5 Å². The molecule has 0 spiro atoms. The number of aliphatic hydroxyl groups excluding tert-OH is 2. The smallest absolute Gasteiger partial charge is 0.406 e. The van der Waals surface area contributed by atoms with Crippen LogP contribution in [0.25, 0.3) is 20.8 Å². The maximum Gasteiger partial charge on any atom is 0.573 e. The summed E-state index contributed by atoms with van der Waals surface area (Å²) >= 11 is 1.44. The molecular weight excluding hydrogens is 585 g/mol. The molecule has 5 rings (SSSR count). The number of rotatable bonds is 8. The van der Waals surface area contributed by atoms with Crippen molar-refractivity contribution in [1.82, 2.24) is 19.9 Å². The van der Waals surface area contributed by atoms with Crippen LogP contribution in [0.15, 0.2) is 36.5 Å². The average Bonchev–Trinajstić information content (AvgIpc) is 3.45. The lowest BCUT2D eigenvalue weighted by molar-refractivity contribution is -0.274. The van der Waals surface area contributed by atoms with Crippen molar-refractivity contribution in [3.63, 3.8) is 0 Å². The maximum atomic E-state index is 12.6. The van der Waals surface area contributed by atoms with Gasteiger partial charge in [0.05, 0.1) is 45.4 Å². The Balaban J connectivity index is 1.49. The molecule has 43 heavy (non-hydrogen) atoms. The molecule has 4 aromatic rings. The molecule has 0 aliphatic heterocycles. The van der Waals surface area contributed by atoms with Gasteiger partial charge in [-0.2, -0.15) is 4.98 Å².